The number of aromatic nitrogens is 2. The Labute approximate surface area is 116 Å². The molecule has 18 heavy (non-hydrogen) atoms. The zero-order valence-corrected chi connectivity index (χ0v) is 11.5. The van der Waals surface area contributed by atoms with Crippen LogP contribution in [0, 0.1) is 0 Å². The highest BCUT2D eigenvalue weighted by atomic mass is 79.9. The van der Waals surface area contributed by atoms with E-state index in [0.29, 0.717) is 5.69 Å². The molecule has 0 aliphatic rings. The van der Waals surface area contributed by atoms with Gasteiger partial charge in [0.05, 0.1) is 0 Å². The Morgan fingerprint density at radius 2 is 2.11 bits per heavy atom. The Balaban J connectivity index is 2.22. The molecule has 0 bridgehead atoms. The minimum atomic E-state index is -0.0128. The van der Waals surface area contributed by atoms with Crippen molar-refractivity contribution >= 4 is 33.5 Å². The van der Waals surface area contributed by atoms with Crippen molar-refractivity contribution in [2.75, 3.05) is 0 Å². The smallest absolute Gasteiger partial charge is 0.188 e. The summed E-state index contributed by atoms with van der Waals surface area (Å²) in [6.45, 7) is 0. The van der Waals surface area contributed by atoms with Crippen LogP contribution in [0.1, 0.15) is 5.69 Å². The van der Waals surface area contributed by atoms with E-state index in [1.807, 2.05) is 18.2 Å². The van der Waals surface area contributed by atoms with Crippen molar-refractivity contribution in [1.29, 1.82) is 0 Å². The molecule has 0 aliphatic carbocycles. The molecule has 5 nitrogen and oxygen atoms in total. The molecular weight excluding hydrogens is 316 g/mol. The van der Waals surface area contributed by atoms with Crippen LogP contribution in [-0.4, -0.2) is 21.0 Å². The van der Waals surface area contributed by atoms with Crippen molar-refractivity contribution in [1.82, 2.24) is 9.97 Å². The van der Waals surface area contributed by atoms with Crippen LogP contribution in [0.25, 0.3) is 0 Å². The molecule has 0 saturated heterocycles. The summed E-state index contributed by atoms with van der Waals surface area (Å²) in [7, 11) is 0. The lowest BCUT2D eigenvalue weighted by molar-refractivity contribution is 0.318. The molecule has 0 aliphatic heterocycles. The van der Waals surface area contributed by atoms with Crippen LogP contribution < -0.4 is 5.73 Å². The predicted octanol–water partition coefficient (Wildman–Crippen LogP) is 2.48. The van der Waals surface area contributed by atoms with Gasteiger partial charge in [-0.1, -0.05) is 23.0 Å². The first-order valence-electron chi connectivity index (χ1n) is 4.93. The number of halogens is 1. The van der Waals surface area contributed by atoms with E-state index in [1.165, 1.54) is 11.8 Å². The van der Waals surface area contributed by atoms with Gasteiger partial charge in [0.25, 0.3) is 0 Å². The maximum atomic E-state index is 8.60. The van der Waals surface area contributed by atoms with Crippen molar-refractivity contribution in [2.45, 2.75) is 10.1 Å². The monoisotopic (exact) mass is 324 g/mol. The third kappa shape index (κ3) is 3.21. The lowest BCUT2D eigenvalue weighted by Gasteiger charge is -2.02. The normalized spacial score (nSPS) is 11.5. The van der Waals surface area contributed by atoms with Gasteiger partial charge in [-0.25, -0.2) is 9.97 Å². The highest BCUT2D eigenvalue weighted by molar-refractivity contribution is 9.10. The summed E-state index contributed by atoms with van der Waals surface area (Å²) in [5, 5.41) is 13.1. The Morgan fingerprint density at radius 1 is 1.28 bits per heavy atom. The minimum Gasteiger partial charge on any atom is -0.409 e. The number of pyridine rings is 2. The Bertz CT molecular complexity index is 574. The summed E-state index contributed by atoms with van der Waals surface area (Å²) in [5.41, 5.74) is 5.91. The van der Waals surface area contributed by atoms with Gasteiger partial charge >= 0.3 is 0 Å². The van der Waals surface area contributed by atoms with E-state index in [1.54, 1.807) is 18.3 Å². The van der Waals surface area contributed by atoms with Gasteiger partial charge in [-0.05, 0) is 40.2 Å². The highest BCUT2D eigenvalue weighted by Gasteiger charge is 2.04. The number of rotatable bonds is 3. The minimum absolute atomic E-state index is 0.0128. The zero-order chi connectivity index (χ0) is 13.0. The molecule has 2 heterocycles. The van der Waals surface area contributed by atoms with Crippen molar-refractivity contribution in [3.8, 4) is 0 Å². The molecule has 0 amide bonds. The van der Waals surface area contributed by atoms with Gasteiger partial charge in [0, 0.05) is 10.7 Å². The molecule has 0 unspecified atom stereocenters. The Morgan fingerprint density at radius 3 is 2.78 bits per heavy atom. The van der Waals surface area contributed by atoms with Gasteiger partial charge in [-0.2, -0.15) is 0 Å². The van der Waals surface area contributed by atoms with Gasteiger partial charge in [-0.3, -0.25) is 0 Å². The van der Waals surface area contributed by atoms with Crippen LogP contribution in [0.15, 0.2) is 56.2 Å². The molecule has 2 aromatic rings. The third-order valence-corrected chi connectivity index (χ3v) is 3.36. The maximum Gasteiger partial charge on any atom is 0.188 e. The first kappa shape index (κ1) is 12.8. The molecular formula is C11H9BrN4OS. The van der Waals surface area contributed by atoms with Crippen LogP contribution in [0.2, 0.25) is 0 Å². The quantitative estimate of drug-likeness (QED) is 0.392. The van der Waals surface area contributed by atoms with E-state index in [2.05, 4.69) is 31.1 Å². The van der Waals surface area contributed by atoms with E-state index >= 15 is 0 Å². The summed E-state index contributed by atoms with van der Waals surface area (Å²) >= 11 is 4.73. The van der Waals surface area contributed by atoms with Crippen molar-refractivity contribution in [2.24, 2.45) is 10.9 Å². The van der Waals surface area contributed by atoms with Gasteiger partial charge in [0.2, 0.25) is 0 Å². The molecule has 92 valence electrons. The van der Waals surface area contributed by atoms with Gasteiger partial charge in [0.15, 0.2) is 5.84 Å². The number of nitrogens with two attached hydrogens (primary N) is 1. The van der Waals surface area contributed by atoms with Crippen molar-refractivity contribution in [3.05, 3.63) is 46.7 Å². The molecule has 0 spiro atoms. The fourth-order valence-electron chi connectivity index (χ4n) is 1.20. The van der Waals surface area contributed by atoms with Gasteiger partial charge < -0.3 is 10.9 Å². The molecule has 0 fully saturated rings. The second kappa shape index (κ2) is 5.83. The standard InChI is InChI=1S/C11H9BrN4OS/c12-7-4-5-9(14-6-7)18-10-3-1-2-8(15-10)11(13)16-17/h1-6,17H,(H2,13,16). The van der Waals surface area contributed by atoms with Crippen LogP contribution in [0.4, 0.5) is 0 Å². The largest absolute Gasteiger partial charge is 0.409 e. The van der Waals surface area contributed by atoms with Crippen LogP contribution in [0.3, 0.4) is 0 Å². The number of oxime groups is 1. The summed E-state index contributed by atoms with van der Waals surface area (Å²) < 4.78 is 0.921. The number of hydrogen-bond donors (Lipinski definition) is 2. The molecule has 2 aromatic heterocycles. The fraction of sp³-hybridized carbons (Fsp3) is 0. The van der Waals surface area contributed by atoms with E-state index in [4.69, 9.17) is 10.9 Å². The third-order valence-electron chi connectivity index (χ3n) is 2.00. The second-order valence-corrected chi connectivity index (χ2v) is 5.22. The summed E-state index contributed by atoms with van der Waals surface area (Å²) in [6, 6.07) is 9.09. The maximum absolute atomic E-state index is 8.60. The molecule has 0 atom stereocenters. The molecule has 2 rings (SSSR count). The number of amidine groups is 1. The highest BCUT2D eigenvalue weighted by Crippen LogP contribution is 2.24. The van der Waals surface area contributed by atoms with Crippen LogP contribution >= 0.6 is 27.7 Å². The van der Waals surface area contributed by atoms with Gasteiger partial charge in [0.1, 0.15) is 15.7 Å². The van der Waals surface area contributed by atoms with E-state index in [9.17, 15) is 0 Å². The predicted molar refractivity (Wildman–Crippen MR) is 72.8 cm³/mol. The van der Waals surface area contributed by atoms with Crippen LogP contribution in [-0.2, 0) is 0 Å². The average Bonchev–Trinajstić information content (AvgIpc) is 2.41. The van der Waals surface area contributed by atoms with E-state index in [-0.39, 0.29) is 5.84 Å². The zero-order valence-electron chi connectivity index (χ0n) is 9.12. The van der Waals surface area contributed by atoms with Crippen LogP contribution in [0.5, 0.6) is 0 Å². The molecule has 0 aromatic carbocycles. The Hall–Kier alpha value is -1.60. The topological polar surface area (TPSA) is 84.4 Å². The van der Waals surface area contributed by atoms with E-state index < -0.39 is 0 Å². The first-order chi connectivity index (χ1) is 8.69. The molecule has 7 heteroatoms. The molecule has 0 saturated carbocycles. The van der Waals surface area contributed by atoms with Gasteiger partial charge in [-0.15, -0.1) is 0 Å². The summed E-state index contributed by atoms with van der Waals surface area (Å²) in [4.78, 5) is 8.49. The lowest BCUT2D eigenvalue weighted by Crippen LogP contribution is -2.14. The second-order valence-electron chi connectivity index (χ2n) is 3.26. The van der Waals surface area contributed by atoms with Crippen molar-refractivity contribution < 1.29 is 5.21 Å². The fourth-order valence-corrected chi connectivity index (χ4v) is 2.18. The molecule has 0 radical (unpaired) electrons. The number of hydrogen-bond acceptors (Lipinski definition) is 5. The summed E-state index contributed by atoms with van der Waals surface area (Å²) in [5.74, 6) is -0.0128. The number of nitrogens with zero attached hydrogens (tertiary/aromatic N) is 3. The summed E-state index contributed by atoms with van der Waals surface area (Å²) in [6.07, 6.45) is 1.72. The average molecular weight is 325 g/mol. The van der Waals surface area contributed by atoms with Crippen molar-refractivity contribution in [3.63, 3.8) is 0 Å². The lowest BCUT2D eigenvalue weighted by atomic mass is 10.3. The van der Waals surface area contributed by atoms with E-state index in [0.717, 1.165) is 14.5 Å². The molecule has 3 N–H and O–H groups in total. The first-order valence-corrected chi connectivity index (χ1v) is 6.54. The Kier molecular flexibility index (Phi) is 4.16. The SMILES string of the molecule is NC(=NO)c1cccc(Sc2ccc(Br)cn2)n1.